The summed E-state index contributed by atoms with van der Waals surface area (Å²) in [7, 11) is 0. The minimum Gasteiger partial charge on any atom is -0.352 e. The summed E-state index contributed by atoms with van der Waals surface area (Å²) in [6, 6.07) is -1.71. The standard InChI is InChI=1S/C12H20N4O4/c1-6(2)8(15-11(13)20)9(18)16-5-7(17)14-10(19)12(16,3)4/h6,8H,5H2,1-4H3,(H3,13,15,20)(H,14,17,19). The lowest BCUT2D eigenvalue weighted by molar-refractivity contribution is -0.157. The van der Waals surface area contributed by atoms with Gasteiger partial charge in [-0.15, -0.1) is 0 Å². The van der Waals surface area contributed by atoms with Crippen molar-refractivity contribution < 1.29 is 19.2 Å². The fraction of sp³-hybridized carbons (Fsp3) is 0.667. The van der Waals surface area contributed by atoms with Crippen LogP contribution in [0, 0.1) is 5.92 Å². The molecular formula is C12H20N4O4. The van der Waals surface area contributed by atoms with Crippen LogP contribution in [0.3, 0.4) is 0 Å². The maximum atomic E-state index is 12.5. The highest BCUT2D eigenvalue weighted by Gasteiger charge is 2.45. The molecule has 0 saturated carbocycles. The first kappa shape index (κ1) is 15.9. The minimum atomic E-state index is -1.17. The average molecular weight is 284 g/mol. The van der Waals surface area contributed by atoms with E-state index in [4.69, 9.17) is 5.73 Å². The predicted octanol–water partition coefficient (Wildman–Crippen LogP) is -1.06. The van der Waals surface area contributed by atoms with Gasteiger partial charge in [-0.1, -0.05) is 13.8 Å². The van der Waals surface area contributed by atoms with E-state index in [1.54, 1.807) is 13.8 Å². The number of carbonyl (C=O) groups excluding carboxylic acids is 4. The number of amides is 5. The Hall–Kier alpha value is -2.12. The molecule has 0 aromatic heterocycles. The van der Waals surface area contributed by atoms with Gasteiger partial charge in [0.15, 0.2) is 0 Å². The van der Waals surface area contributed by atoms with Crippen LogP contribution in [0.15, 0.2) is 0 Å². The number of primary amides is 1. The fourth-order valence-corrected chi connectivity index (χ4v) is 1.97. The second-order valence-electron chi connectivity index (χ2n) is 5.59. The molecule has 5 amide bonds. The number of nitrogens with zero attached hydrogens (tertiary/aromatic N) is 1. The third kappa shape index (κ3) is 3.06. The topological polar surface area (TPSA) is 122 Å². The molecule has 20 heavy (non-hydrogen) atoms. The Morgan fingerprint density at radius 1 is 1.35 bits per heavy atom. The van der Waals surface area contributed by atoms with E-state index < -0.39 is 35.3 Å². The molecule has 0 spiro atoms. The van der Waals surface area contributed by atoms with Gasteiger partial charge in [-0.3, -0.25) is 19.7 Å². The maximum absolute atomic E-state index is 12.5. The van der Waals surface area contributed by atoms with Crippen LogP contribution in [0.4, 0.5) is 4.79 Å². The van der Waals surface area contributed by atoms with Crippen molar-refractivity contribution in [3.8, 4) is 0 Å². The molecule has 1 unspecified atom stereocenters. The molecule has 0 radical (unpaired) electrons. The van der Waals surface area contributed by atoms with Crippen molar-refractivity contribution >= 4 is 23.8 Å². The molecule has 1 rings (SSSR count). The van der Waals surface area contributed by atoms with Gasteiger partial charge in [-0.05, 0) is 19.8 Å². The van der Waals surface area contributed by atoms with Crippen molar-refractivity contribution in [2.75, 3.05) is 6.54 Å². The van der Waals surface area contributed by atoms with Gasteiger partial charge in [0.25, 0.3) is 5.91 Å². The number of hydrogen-bond acceptors (Lipinski definition) is 4. The molecule has 0 aliphatic carbocycles. The normalized spacial score (nSPS) is 19.6. The monoisotopic (exact) mass is 284 g/mol. The van der Waals surface area contributed by atoms with E-state index >= 15 is 0 Å². The lowest BCUT2D eigenvalue weighted by atomic mass is 9.95. The third-order valence-corrected chi connectivity index (χ3v) is 3.28. The van der Waals surface area contributed by atoms with Crippen LogP contribution in [0.5, 0.6) is 0 Å². The summed E-state index contributed by atoms with van der Waals surface area (Å²) >= 11 is 0. The Kier molecular flexibility index (Phi) is 4.36. The second-order valence-corrected chi connectivity index (χ2v) is 5.59. The molecule has 1 aliphatic rings. The predicted molar refractivity (Wildman–Crippen MR) is 70.3 cm³/mol. The van der Waals surface area contributed by atoms with Crippen LogP contribution in [0.2, 0.25) is 0 Å². The van der Waals surface area contributed by atoms with Crippen LogP contribution in [0.25, 0.3) is 0 Å². The first-order valence-corrected chi connectivity index (χ1v) is 6.29. The summed E-state index contributed by atoms with van der Waals surface area (Å²) in [6.07, 6.45) is 0. The van der Waals surface area contributed by atoms with Gasteiger partial charge >= 0.3 is 6.03 Å². The van der Waals surface area contributed by atoms with Gasteiger partial charge in [0.1, 0.15) is 18.1 Å². The summed E-state index contributed by atoms with van der Waals surface area (Å²) in [6.45, 7) is 6.30. The van der Waals surface area contributed by atoms with Crippen molar-refractivity contribution in [3.05, 3.63) is 0 Å². The highest BCUT2D eigenvalue weighted by atomic mass is 16.2. The summed E-state index contributed by atoms with van der Waals surface area (Å²) in [4.78, 5) is 47.9. The van der Waals surface area contributed by atoms with Crippen LogP contribution < -0.4 is 16.4 Å². The number of nitrogens with one attached hydrogen (secondary N) is 2. The van der Waals surface area contributed by atoms with Crippen LogP contribution in [0.1, 0.15) is 27.7 Å². The number of carbonyl (C=O) groups is 4. The number of hydrogen-bond donors (Lipinski definition) is 3. The lowest BCUT2D eigenvalue weighted by Crippen LogP contribution is -2.68. The molecule has 1 saturated heterocycles. The molecule has 1 heterocycles. The molecule has 112 valence electrons. The highest BCUT2D eigenvalue weighted by Crippen LogP contribution is 2.20. The van der Waals surface area contributed by atoms with Crippen LogP contribution >= 0.6 is 0 Å². The Bertz CT molecular complexity index is 458. The zero-order valence-electron chi connectivity index (χ0n) is 12.0. The van der Waals surface area contributed by atoms with E-state index in [2.05, 4.69) is 10.6 Å². The maximum Gasteiger partial charge on any atom is 0.312 e. The lowest BCUT2D eigenvalue weighted by Gasteiger charge is -2.42. The summed E-state index contributed by atoms with van der Waals surface area (Å²) in [5, 5.41) is 4.53. The zero-order valence-corrected chi connectivity index (χ0v) is 12.0. The van der Waals surface area contributed by atoms with Crippen molar-refractivity contribution in [2.24, 2.45) is 11.7 Å². The quantitative estimate of drug-likeness (QED) is 0.572. The van der Waals surface area contributed by atoms with Gasteiger partial charge in [-0.2, -0.15) is 0 Å². The van der Waals surface area contributed by atoms with E-state index in [0.29, 0.717) is 0 Å². The summed E-state index contributed by atoms with van der Waals surface area (Å²) in [5.74, 6) is -1.84. The zero-order chi connectivity index (χ0) is 15.7. The van der Waals surface area contributed by atoms with Gasteiger partial charge in [-0.25, -0.2) is 4.79 Å². The van der Waals surface area contributed by atoms with Crippen LogP contribution in [-0.4, -0.2) is 46.8 Å². The molecule has 0 aromatic rings. The molecule has 8 nitrogen and oxygen atoms in total. The molecule has 1 fully saturated rings. The molecule has 1 atom stereocenters. The summed E-state index contributed by atoms with van der Waals surface area (Å²) in [5.41, 5.74) is 3.88. The highest BCUT2D eigenvalue weighted by molar-refractivity contribution is 6.07. The molecule has 1 aliphatic heterocycles. The van der Waals surface area contributed by atoms with E-state index in [-0.39, 0.29) is 12.5 Å². The van der Waals surface area contributed by atoms with Crippen LogP contribution in [-0.2, 0) is 14.4 Å². The molecule has 8 heteroatoms. The van der Waals surface area contributed by atoms with E-state index in [0.717, 1.165) is 4.90 Å². The SMILES string of the molecule is CC(C)C(NC(N)=O)C(=O)N1CC(=O)NC(=O)C1(C)C. The smallest absolute Gasteiger partial charge is 0.312 e. The number of imide groups is 1. The Labute approximate surface area is 117 Å². The van der Waals surface area contributed by atoms with E-state index in [1.807, 2.05) is 0 Å². The first-order chi connectivity index (χ1) is 9.07. The van der Waals surface area contributed by atoms with E-state index in [9.17, 15) is 19.2 Å². The first-order valence-electron chi connectivity index (χ1n) is 6.29. The molecule has 0 aromatic carbocycles. The van der Waals surface area contributed by atoms with Gasteiger partial charge < -0.3 is 16.0 Å². The fourth-order valence-electron chi connectivity index (χ4n) is 1.97. The Balaban J connectivity index is 3.05. The Morgan fingerprint density at radius 2 is 1.90 bits per heavy atom. The number of nitrogens with two attached hydrogens (primary N) is 1. The van der Waals surface area contributed by atoms with Gasteiger partial charge in [0, 0.05) is 0 Å². The molecule has 4 N–H and O–H groups in total. The second kappa shape index (κ2) is 5.48. The third-order valence-electron chi connectivity index (χ3n) is 3.28. The van der Waals surface area contributed by atoms with Gasteiger partial charge in [0.2, 0.25) is 11.8 Å². The number of rotatable bonds is 3. The van der Waals surface area contributed by atoms with Crippen molar-refractivity contribution in [1.82, 2.24) is 15.5 Å². The van der Waals surface area contributed by atoms with Gasteiger partial charge in [0.05, 0.1) is 0 Å². The van der Waals surface area contributed by atoms with Crippen molar-refractivity contribution in [1.29, 1.82) is 0 Å². The van der Waals surface area contributed by atoms with E-state index in [1.165, 1.54) is 13.8 Å². The summed E-state index contributed by atoms with van der Waals surface area (Å²) < 4.78 is 0. The van der Waals surface area contributed by atoms with Crippen molar-refractivity contribution in [2.45, 2.75) is 39.3 Å². The largest absolute Gasteiger partial charge is 0.352 e. The number of urea groups is 1. The number of piperazine rings is 1. The average Bonchev–Trinajstić information content (AvgIpc) is 2.29. The Morgan fingerprint density at radius 3 is 2.35 bits per heavy atom. The molecule has 0 bridgehead atoms. The van der Waals surface area contributed by atoms with Crippen molar-refractivity contribution in [3.63, 3.8) is 0 Å². The minimum absolute atomic E-state index is 0.231. The molecular weight excluding hydrogens is 264 g/mol.